The van der Waals surface area contributed by atoms with Crippen molar-refractivity contribution in [2.45, 2.75) is 57.7 Å². The highest BCUT2D eigenvalue weighted by molar-refractivity contribution is 5.82. The molecule has 0 spiro atoms. The van der Waals surface area contributed by atoms with Crippen molar-refractivity contribution in [1.29, 1.82) is 0 Å². The third kappa shape index (κ3) is 3.26. The second-order valence-corrected chi connectivity index (χ2v) is 8.93. The van der Waals surface area contributed by atoms with E-state index in [1.54, 1.807) is 19.0 Å². The fourth-order valence-corrected chi connectivity index (χ4v) is 5.70. The van der Waals surface area contributed by atoms with Crippen LogP contribution in [0, 0.1) is 11.8 Å². The van der Waals surface area contributed by atoms with Gasteiger partial charge < -0.3 is 14.6 Å². The van der Waals surface area contributed by atoms with Crippen molar-refractivity contribution in [3.8, 4) is 0 Å². The molecular formula is C23H33N3O3. The molecule has 0 bridgehead atoms. The van der Waals surface area contributed by atoms with E-state index in [9.17, 15) is 14.7 Å². The third-order valence-corrected chi connectivity index (χ3v) is 7.00. The number of carbonyl (C=O) groups excluding carboxylic acids is 1. The monoisotopic (exact) mass is 399 g/mol. The van der Waals surface area contributed by atoms with E-state index in [2.05, 4.69) is 24.0 Å². The minimum absolute atomic E-state index is 0.0167. The van der Waals surface area contributed by atoms with E-state index in [1.807, 2.05) is 10.6 Å². The molecule has 3 heterocycles. The lowest BCUT2D eigenvalue weighted by atomic mass is 9.88. The van der Waals surface area contributed by atoms with Crippen molar-refractivity contribution < 1.29 is 9.90 Å². The van der Waals surface area contributed by atoms with Gasteiger partial charge in [0.25, 0.3) is 5.56 Å². The summed E-state index contributed by atoms with van der Waals surface area (Å²) >= 11 is 0. The SMILES string of the molecule is CCCN1[C@H](C(=O)N(C)C)[C@@H](CO)[C@@H]2Cn3c(ccc(C4=CCCCC4)c3=O)[C@@H]21. The summed E-state index contributed by atoms with van der Waals surface area (Å²) in [5.41, 5.74) is 3.10. The van der Waals surface area contributed by atoms with Crippen LogP contribution in [0.4, 0.5) is 0 Å². The Hall–Kier alpha value is -1.92. The number of amides is 1. The van der Waals surface area contributed by atoms with E-state index in [-0.39, 0.29) is 42.0 Å². The van der Waals surface area contributed by atoms with E-state index >= 15 is 0 Å². The lowest BCUT2D eigenvalue weighted by molar-refractivity contribution is -0.135. The highest BCUT2D eigenvalue weighted by Crippen LogP contribution is 2.49. The summed E-state index contributed by atoms with van der Waals surface area (Å²) in [5, 5.41) is 10.2. The maximum atomic E-state index is 13.3. The number of allylic oxidation sites excluding steroid dienone is 2. The Kier molecular flexibility index (Phi) is 5.67. The number of likely N-dealkylation sites (N-methyl/N-ethyl adjacent to an activating group) is 1. The van der Waals surface area contributed by atoms with Crippen LogP contribution in [0.5, 0.6) is 0 Å². The van der Waals surface area contributed by atoms with Gasteiger partial charge >= 0.3 is 0 Å². The minimum Gasteiger partial charge on any atom is -0.396 e. The van der Waals surface area contributed by atoms with Crippen molar-refractivity contribution in [2.75, 3.05) is 27.2 Å². The first kappa shape index (κ1) is 20.4. The van der Waals surface area contributed by atoms with Gasteiger partial charge in [0, 0.05) is 50.3 Å². The smallest absolute Gasteiger partial charge is 0.258 e. The van der Waals surface area contributed by atoms with Crippen LogP contribution >= 0.6 is 0 Å². The van der Waals surface area contributed by atoms with Crippen molar-refractivity contribution in [1.82, 2.24) is 14.4 Å². The number of rotatable bonds is 5. The topological polar surface area (TPSA) is 65.8 Å². The first-order chi connectivity index (χ1) is 14.0. The Morgan fingerprint density at radius 2 is 2.07 bits per heavy atom. The van der Waals surface area contributed by atoms with Crippen molar-refractivity contribution >= 4 is 11.5 Å². The lowest BCUT2D eigenvalue weighted by Gasteiger charge is -2.32. The zero-order chi connectivity index (χ0) is 20.7. The van der Waals surface area contributed by atoms with Gasteiger partial charge in [-0.05, 0) is 56.4 Å². The Labute approximate surface area is 172 Å². The highest BCUT2D eigenvalue weighted by Gasteiger charge is 2.55. The van der Waals surface area contributed by atoms with E-state index < -0.39 is 0 Å². The molecule has 1 aliphatic carbocycles. The molecule has 3 aliphatic rings. The zero-order valence-electron chi connectivity index (χ0n) is 17.8. The number of hydrogen-bond acceptors (Lipinski definition) is 4. The number of aliphatic hydroxyl groups excluding tert-OH is 1. The number of hydrogen-bond donors (Lipinski definition) is 1. The Morgan fingerprint density at radius 3 is 2.69 bits per heavy atom. The predicted molar refractivity (Wildman–Crippen MR) is 113 cm³/mol. The molecule has 1 N–H and O–H groups in total. The van der Waals surface area contributed by atoms with Gasteiger partial charge in [-0.1, -0.05) is 13.0 Å². The molecule has 6 heteroatoms. The molecule has 1 saturated heterocycles. The van der Waals surface area contributed by atoms with Crippen LogP contribution in [-0.4, -0.2) is 58.7 Å². The van der Waals surface area contributed by atoms with E-state index in [0.717, 1.165) is 43.5 Å². The molecule has 0 radical (unpaired) electrons. The fourth-order valence-electron chi connectivity index (χ4n) is 5.70. The van der Waals surface area contributed by atoms with Crippen molar-refractivity contribution in [3.05, 3.63) is 39.8 Å². The summed E-state index contributed by atoms with van der Waals surface area (Å²) in [7, 11) is 3.55. The van der Waals surface area contributed by atoms with Gasteiger partial charge in [0.15, 0.2) is 0 Å². The molecule has 158 valence electrons. The molecule has 1 fully saturated rings. The Bertz CT molecular complexity index is 873. The van der Waals surface area contributed by atoms with Gasteiger partial charge in [0.05, 0.1) is 12.1 Å². The average molecular weight is 400 g/mol. The zero-order valence-corrected chi connectivity index (χ0v) is 17.8. The van der Waals surface area contributed by atoms with Crippen LogP contribution in [0.25, 0.3) is 5.57 Å². The maximum absolute atomic E-state index is 13.3. The van der Waals surface area contributed by atoms with Crippen LogP contribution in [0.15, 0.2) is 23.0 Å². The average Bonchev–Trinajstić information content (AvgIpc) is 3.24. The number of aromatic nitrogens is 1. The van der Waals surface area contributed by atoms with Crippen LogP contribution in [0.2, 0.25) is 0 Å². The molecule has 6 nitrogen and oxygen atoms in total. The van der Waals surface area contributed by atoms with Gasteiger partial charge in [-0.25, -0.2) is 0 Å². The molecule has 1 aromatic rings. The van der Waals surface area contributed by atoms with Crippen LogP contribution in [0.1, 0.15) is 56.3 Å². The molecule has 4 rings (SSSR count). The van der Waals surface area contributed by atoms with Gasteiger partial charge in [-0.15, -0.1) is 0 Å². The summed E-state index contributed by atoms with van der Waals surface area (Å²) in [6, 6.07) is 3.78. The van der Waals surface area contributed by atoms with Gasteiger partial charge in [0.2, 0.25) is 5.91 Å². The van der Waals surface area contributed by atoms with E-state index in [4.69, 9.17) is 0 Å². The van der Waals surface area contributed by atoms with Crippen molar-refractivity contribution in [2.24, 2.45) is 11.8 Å². The summed E-state index contributed by atoms with van der Waals surface area (Å²) < 4.78 is 1.92. The molecule has 1 amide bonds. The minimum atomic E-state index is -0.325. The molecule has 0 unspecified atom stereocenters. The number of carbonyl (C=O) groups is 1. The number of nitrogens with zero attached hydrogens (tertiary/aromatic N) is 3. The predicted octanol–water partition coefficient (Wildman–Crippen LogP) is 2.27. The second kappa shape index (κ2) is 8.07. The molecule has 4 atom stereocenters. The Morgan fingerprint density at radius 1 is 1.28 bits per heavy atom. The molecular weight excluding hydrogens is 366 g/mol. The Balaban J connectivity index is 1.76. The molecule has 0 aromatic carbocycles. The molecule has 29 heavy (non-hydrogen) atoms. The standard InChI is InChI=1S/C23H33N3O3/c1-4-12-25-20-17(18(14-27)21(25)23(29)24(2)3)13-26-19(20)11-10-16(22(26)28)15-8-6-5-7-9-15/h8,10-11,17-18,20-21,27H,4-7,9,12-14H2,1-3H3/t17-,18-,20+,21-/m0/s1. The lowest BCUT2D eigenvalue weighted by Crippen LogP contribution is -2.48. The first-order valence-electron chi connectivity index (χ1n) is 11.0. The van der Waals surface area contributed by atoms with E-state index in [0.29, 0.717) is 6.54 Å². The van der Waals surface area contributed by atoms with Crippen LogP contribution < -0.4 is 5.56 Å². The maximum Gasteiger partial charge on any atom is 0.258 e. The summed E-state index contributed by atoms with van der Waals surface area (Å²) in [6.07, 6.45) is 7.51. The number of aliphatic hydroxyl groups is 1. The van der Waals surface area contributed by atoms with Crippen molar-refractivity contribution in [3.63, 3.8) is 0 Å². The summed E-state index contributed by atoms with van der Waals surface area (Å²) in [6.45, 7) is 3.44. The second-order valence-electron chi connectivity index (χ2n) is 8.93. The first-order valence-corrected chi connectivity index (χ1v) is 11.0. The van der Waals surface area contributed by atoms with Gasteiger partial charge in [0.1, 0.15) is 0 Å². The summed E-state index contributed by atoms with van der Waals surface area (Å²) in [5.74, 6) is -0.0217. The van der Waals surface area contributed by atoms with Gasteiger partial charge in [-0.2, -0.15) is 0 Å². The molecule has 1 aromatic heterocycles. The number of pyridine rings is 1. The number of fused-ring (bicyclic) bond motifs is 3. The largest absolute Gasteiger partial charge is 0.396 e. The molecule has 2 aliphatic heterocycles. The van der Waals surface area contributed by atoms with Gasteiger partial charge in [-0.3, -0.25) is 14.5 Å². The fraction of sp³-hybridized carbons (Fsp3) is 0.652. The van der Waals surface area contributed by atoms with Crippen LogP contribution in [-0.2, 0) is 11.3 Å². The highest BCUT2D eigenvalue weighted by atomic mass is 16.3. The third-order valence-electron chi connectivity index (χ3n) is 7.00. The van der Waals surface area contributed by atoms with E-state index in [1.165, 1.54) is 12.0 Å². The van der Waals surface area contributed by atoms with Crippen LogP contribution in [0.3, 0.4) is 0 Å². The normalized spacial score (nSPS) is 28.8. The number of likely N-dealkylation sites (tertiary alicyclic amines) is 1. The summed E-state index contributed by atoms with van der Waals surface area (Å²) in [4.78, 5) is 30.2. The molecule has 0 saturated carbocycles. The quantitative estimate of drug-likeness (QED) is 0.825.